The smallest absolute Gasteiger partial charge is 0.122 e. The van der Waals surface area contributed by atoms with Crippen molar-refractivity contribution >= 4 is 27.5 Å². The van der Waals surface area contributed by atoms with Gasteiger partial charge in [-0.1, -0.05) is 34.5 Å². The highest BCUT2D eigenvalue weighted by atomic mass is 79.9. The van der Waals surface area contributed by atoms with Crippen molar-refractivity contribution in [1.29, 1.82) is 0 Å². The lowest BCUT2D eigenvalue weighted by Crippen LogP contribution is -2.24. The zero-order chi connectivity index (χ0) is 12.5. The summed E-state index contributed by atoms with van der Waals surface area (Å²) < 4.78 is 5.42. The average molecular weight is 318 g/mol. The van der Waals surface area contributed by atoms with Crippen LogP contribution in [0.4, 0.5) is 0 Å². The van der Waals surface area contributed by atoms with Crippen molar-refractivity contribution in [1.82, 2.24) is 0 Å². The molecule has 1 nitrogen and oxygen atoms in total. The van der Waals surface area contributed by atoms with Gasteiger partial charge < -0.3 is 4.74 Å². The Morgan fingerprint density at radius 2 is 2.18 bits per heavy atom. The molecule has 0 N–H and O–H groups in total. The summed E-state index contributed by atoms with van der Waals surface area (Å²) >= 11 is 9.74. The van der Waals surface area contributed by atoms with Crippen LogP contribution in [0, 0.1) is 11.3 Å². The van der Waals surface area contributed by atoms with Crippen LogP contribution in [-0.2, 0) is 6.42 Å². The molecule has 2 rings (SSSR count). The van der Waals surface area contributed by atoms with Crippen molar-refractivity contribution in [2.45, 2.75) is 26.2 Å². The molecule has 94 valence electrons. The van der Waals surface area contributed by atoms with E-state index in [-0.39, 0.29) is 0 Å². The first-order valence-corrected chi connectivity index (χ1v) is 7.47. The van der Waals surface area contributed by atoms with Gasteiger partial charge in [0.15, 0.2) is 0 Å². The molecule has 1 aromatic rings. The number of hydrogen-bond acceptors (Lipinski definition) is 1. The minimum absolute atomic E-state index is 0.317. The van der Waals surface area contributed by atoms with Crippen LogP contribution in [0.2, 0.25) is 5.02 Å². The predicted molar refractivity (Wildman–Crippen MR) is 76.3 cm³/mol. The van der Waals surface area contributed by atoms with E-state index in [9.17, 15) is 0 Å². The second kappa shape index (κ2) is 5.19. The van der Waals surface area contributed by atoms with Crippen molar-refractivity contribution < 1.29 is 4.74 Å². The van der Waals surface area contributed by atoms with Crippen molar-refractivity contribution in [2.75, 3.05) is 12.4 Å². The van der Waals surface area contributed by atoms with Gasteiger partial charge in [0.2, 0.25) is 0 Å². The van der Waals surface area contributed by atoms with E-state index >= 15 is 0 Å². The zero-order valence-electron chi connectivity index (χ0n) is 10.3. The minimum atomic E-state index is 0.317. The molecule has 0 radical (unpaired) electrons. The van der Waals surface area contributed by atoms with Crippen LogP contribution >= 0.6 is 27.5 Å². The maximum absolute atomic E-state index is 6.07. The Balaban J connectivity index is 2.24. The number of alkyl halides is 1. The van der Waals surface area contributed by atoms with Crippen LogP contribution in [0.5, 0.6) is 5.75 Å². The van der Waals surface area contributed by atoms with Crippen molar-refractivity contribution in [2.24, 2.45) is 11.3 Å². The number of hydrogen-bond donors (Lipinski definition) is 0. The highest BCUT2D eigenvalue weighted by molar-refractivity contribution is 9.09. The van der Waals surface area contributed by atoms with Gasteiger partial charge in [-0.15, -0.1) is 0 Å². The summed E-state index contributed by atoms with van der Waals surface area (Å²) in [5, 5.41) is 1.81. The maximum Gasteiger partial charge on any atom is 0.122 e. The van der Waals surface area contributed by atoms with Gasteiger partial charge in [0.25, 0.3) is 0 Å². The fourth-order valence-corrected chi connectivity index (χ4v) is 3.25. The Labute approximate surface area is 117 Å². The van der Waals surface area contributed by atoms with Crippen LogP contribution < -0.4 is 4.74 Å². The number of benzene rings is 1. The summed E-state index contributed by atoms with van der Waals surface area (Å²) in [7, 11) is 1.72. The van der Waals surface area contributed by atoms with Gasteiger partial charge in [-0.2, -0.15) is 0 Å². The van der Waals surface area contributed by atoms with E-state index in [0.717, 1.165) is 28.4 Å². The fourth-order valence-electron chi connectivity index (χ4n) is 2.40. The molecule has 1 unspecified atom stereocenters. The molecule has 1 aromatic carbocycles. The first kappa shape index (κ1) is 13.2. The van der Waals surface area contributed by atoms with Crippen LogP contribution in [0.3, 0.4) is 0 Å². The Hall–Kier alpha value is -0.210. The van der Waals surface area contributed by atoms with Crippen molar-refractivity contribution in [3.8, 4) is 5.75 Å². The largest absolute Gasteiger partial charge is 0.496 e. The second-order valence-electron chi connectivity index (χ2n) is 5.19. The lowest BCUT2D eigenvalue weighted by Gasteiger charge is -2.28. The van der Waals surface area contributed by atoms with Crippen molar-refractivity contribution in [3.63, 3.8) is 0 Å². The van der Waals surface area contributed by atoms with Crippen LogP contribution in [0.25, 0.3) is 0 Å². The molecule has 1 saturated carbocycles. The Morgan fingerprint density at radius 1 is 1.47 bits per heavy atom. The molecule has 1 aliphatic rings. The molecule has 0 heterocycles. The lowest BCUT2D eigenvalue weighted by molar-refractivity contribution is 0.311. The third-order valence-electron chi connectivity index (χ3n) is 3.70. The summed E-state index contributed by atoms with van der Waals surface area (Å²) in [4.78, 5) is 0. The molecule has 1 fully saturated rings. The maximum atomic E-state index is 6.07. The summed E-state index contributed by atoms with van der Waals surface area (Å²) in [5.41, 5.74) is 1.53. The van der Waals surface area contributed by atoms with E-state index in [1.807, 2.05) is 18.2 Å². The van der Waals surface area contributed by atoms with Gasteiger partial charge in [-0.3, -0.25) is 0 Å². The Morgan fingerprint density at radius 3 is 2.71 bits per heavy atom. The molecule has 1 aliphatic carbocycles. The van der Waals surface area contributed by atoms with E-state index in [2.05, 4.69) is 22.9 Å². The Bertz CT molecular complexity index is 403. The normalized spacial score (nSPS) is 18.8. The summed E-state index contributed by atoms with van der Waals surface area (Å²) in [6, 6.07) is 5.87. The van der Waals surface area contributed by atoms with E-state index in [4.69, 9.17) is 16.3 Å². The topological polar surface area (TPSA) is 9.23 Å². The van der Waals surface area contributed by atoms with Crippen molar-refractivity contribution in [3.05, 3.63) is 28.8 Å². The molecule has 0 aromatic heterocycles. The summed E-state index contributed by atoms with van der Waals surface area (Å²) in [5.74, 6) is 1.78. The number of ether oxygens (including phenoxy) is 1. The van der Waals surface area contributed by atoms with Gasteiger partial charge in [0, 0.05) is 10.4 Å². The third kappa shape index (κ3) is 2.97. The van der Waals surface area contributed by atoms with E-state index in [1.165, 1.54) is 18.4 Å². The highest BCUT2D eigenvalue weighted by Gasteiger charge is 2.41. The quantitative estimate of drug-likeness (QED) is 0.715. The van der Waals surface area contributed by atoms with Gasteiger partial charge in [-0.05, 0) is 54.4 Å². The standard InChI is InChI=1S/C14H18BrClO/c1-14(9-15,11-3-4-11)8-10-7-12(16)5-6-13(10)17-2/h5-7,11H,3-4,8-9H2,1-2H3. The molecule has 0 bridgehead atoms. The molecule has 0 aliphatic heterocycles. The SMILES string of the molecule is COc1ccc(Cl)cc1CC(C)(CBr)C1CC1. The second-order valence-corrected chi connectivity index (χ2v) is 6.19. The monoisotopic (exact) mass is 316 g/mol. The lowest BCUT2D eigenvalue weighted by atomic mass is 9.81. The minimum Gasteiger partial charge on any atom is -0.496 e. The third-order valence-corrected chi connectivity index (χ3v) is 5.22. The summed E-state index contributed by atoms with van der Waals surface area (Å²) in [6.07, 6.45) is 3.72. The molecular weight excluding hydrogens is 300 g/mol. The molecule has 0 saturated heterocycles. The molecule has 0 amide bonds. The number of rotatable bonds is 5. The Kier molecular flexibility index (Phi) is 4.04. The van der Waals surface area contributed by atoms with Crippen LogP contribution in [0.15, 0.2) is 18.2 Å². The van der Waals surface area contributed by atoms with Crippen LogP contribution in [-0.4, -0.2) is 12.4 Å². The first-order valence-electron chi connectivity index (χ1n) is 5.97. The van der Waals surface area contributed by atoms with Gasteiger partial charge >= 0.3 is 0 Å². The molecular formula is C14H18BrClO. The molecule has 3 heteroatoms. The van der Waals surface area contributed by atoms with Gasteiger partial charge in [0.1, 0.15) is 5.75 Å². The van der Waals surface area contributed by atoms with E-state index in [0.29, 0.717) is 5.41 Å². The fraction of sp³-hybridized carbons (Fsp3) is 0.571. The molecule has 1 atom stereocenters. The first-order chi connectivity index (χ1) is 8.09. The zero-order valence-corrected chi connectivity index (χ0v) is 12.6. The van der Waals surface area contributed by atoms with E-state index in [1.54, 1.807) is 7.11 Å². The highest BCUT2D eigenvalue weighted by Crippen LogP contribution is 2.49. The molecule has 0 spiro atoms. The van der Waals surface area contributed by atoms with Crippen LogP contribution in [0.1, 0.15) is 25.3 Å². The molecule has 17 heavy (non-hydrogen) atoms. The van der Waals surface area contributed by atoms with Gasteiger partial charge in [-0.25, -0.2) is 0 Å². The predicted octanol–water partition coefficient (Wildman–Crippen LogP) is 4.70. The number of methoxy groups -OCH3 is 1. The van der Waals surface area contributed by atoms with Gasteiger partial charge in [0.05, 0.1) is 7.11 Å². The van der Waals surface area contributed by atoms with E-state index < -0.39 is 0 Å². The summed E-state index contributed by atoms with van der Waals surface area (Å²) in [6.45, 7) is 2.35. The average Bonchev–Trinajstić information content (AvgIpc) is 3.13. The number of halogens is 2.